The predicted molar refractivity (Wildman–Crippen MR) is 83.6 cm³/mol. The standard InChI is InChI=1S/C14H14BrFN2O2S/c1-18(9-10-4-2-3-5-13(10)16)21(19,20)14-8-11(17)6-7-12(14)15/h2-8H,9,17H2,1H3. The minimum atomic E-state index is -3.77. The zero-order valence-corrected chi connectivity index (χ0v) is 13.7. The fraction of sp³-hybridized carbons (Fsp3) is 0.143. The van der Waals surface area contributed by atoms with E-state index in [1.807, 2.05) is 0 Å². The Bertz CT molecular complexity index is 765. The summed E-state index contributed by atoms with van der Waals surface area (Å²) >= 11 is 3.20. The van der Waals surface area contributed by atoms with Crippen molar-refractivity contribution in [3.8, 4) is 0 Å². The molecule has 2 aromatic rings. The predicted octanol–water partition coefficient (Wildman–Crippen LogP) is 2.99. The van der Waals surface area contributed by atoms with Gasteiger partial charge in [0.25, 0.3) is 0 Å². The van der Waals surface area contributed by atoms with E-state index in [4.69, 9.17) is 5.73 Å². The number of rotatable bonds is 4. The van der Waals surface area contributed by atoms with E-state index >= 15 is 0 Å². The highest BCUT2D eigenvalue weighted by Gasteiger charge is 2.24. The van der Waals surface area contributed by atoms with Gasteiger partial charge in [-0.3, -0.25) is 0 Å². The Hall–Kier alpha value is -1.44. The first kappa shape index (κ1) is 15.9. The van der Waals surface area contributed by atoms with Crippen molar-refractivity contribution in [2.24, 2.45) is 0 Å². The van der Waals surface area contributed by atoms with E-state index < -0.39 is 15.8 Å². The summed E-state index contributed by atoms with van der Waals surface area (Å²) in [5.74, 6) is -0.439. The minimum Gasteiger partial charge on any atom is -0.399 e. The molecule has 2 N–H and O–H groups in total. The lowest BCUT2D eigenvalue weighted by atomic mass is 10.2. The molecule has 0 aliphatic rings. The third kappa shape index (κ3) is 3.42. The Morgan fingerprint density at radius 3 is 2.57 bits per heavy atom. The second-order valence-corrected chi connectivity index (χ2v) is 7.41. The summed E-state index contributed by atoms with van der Waals surface area (Å²) in [5.41, 5.74) is 6.29. The normalized spacial score (nSPS) is 11.8. The molecule has 0 heterocycles. The van der Waals surface area contributed by atoms with Crippen molar-refractivity contribution >= 4 is 31.6 Å². The quantitative estimate of drug-likeness (QED) is 0.839. The van der Waals surface area contributed by atoms with Gasteiger partial charge in [-0.1, -0.05) is 18.2 Å². The van der Waals surface area contributed by atoms with Gasteiger partial charge in [-0.05, 0) is 40.2 Å². The molecule has 0 amide bonds. The van der Waals surface area contributed by atoms with Crippen LogP contribution in [0.15, 0.2) is 51.8 Å². The summed E-state index contributed by atoms with van der Waals surface area (Å²) in [7, 11) is -2.37. The van der Waals surface area contributed by atoms with E-state index in [9.17, 15) is 12.8 Å². The largest absolute Gasteiger partial charge is 0.399 e. The Kier molecular flexibility index (Phi) is 4.65. The third-order valence-corrected chi connectivity index (χ3v) is 5.79. The maximum atomic E-state index is 13.6. The molecule has 0 aliphatic heterocycles. The first-order valence-corrected chi connectivity index (χ1v) is 8.30. The van der Waals surface area contributed by atoms with Gasteiger partial charge in [-0.25, -0.2) is 12.8 Å². The molecule has 0 saturated heterocycles. The van der Waals surface area contributed by atoms with Crippen molar-refractivity contribution in [1.29, 1.82) is 0 Å². The molecule has 0 spiro atoms. The van der Waals surface area contributed by atoms with Crippen molar-refractivity contribution < 1.29 is 12.8 Å². The number of hydrogen-bond acceptors (Lipinski definition) is 3. The van der Waals surface area contributed by atoms with Crippen LogP contribution in [0.2, 0.25) is 0 Å². The molecule has 0 unspecified atom stereocenters. The van der Waals surface area contributed by atoms with Crippen molar-refractivity contribution in [2.75, 3.05) is 12.8 Å². The van der Waals surface area contributed by atoms with Gasteiger partial charge in [0.2, 0.25) is 10.0 Å². The molecule has 7 heteroatoms. The molecule has 0 atom stereocenters. The molecule has 112 valence electrons. The van der Waals surface area contributed by atoms with Crippen molar-refractivity contribution in [1.82, 2.24) is 4.31 Å². The molecule has 0 aromatic heterocycles. The Morgan fingerprint density at radius 2 is 1.90 bits per heavy atom. The molecule has 2 aromatic carbocycles. The number of hydrogen-bond donors (Lipinski definition) is 1. The SMILES string of the molecule is CN(Cc1ccccc1F)S(=O)(=O)c1cc(N)ccc1Br. The minimum absolute atomic E-state index is 0.0568. The van der Waals surface area contributed by atoms with Gasteiger partial charge in [0.1, 0.15) is 5.82 Å². The molecule has 2 rings (SSSR count). The van der Waals surface area contributed by atoms with Crippen LogP contribution >= 0.6 is 15.9 Å². The molecular weight excluding hydrogens is 359 g/mol. The van der Waals surface area contributed by atoms with Gasteiger partial charge in [-0.2, -0.15) is 4.31 Å². The fourth-order valence-electron chi connectivity index (χ4n) is 1.84. The van der Waals surface area contributed by atoms with Crippen molar-refractivity contribution in [2.45, 2.75) is 11.4 Å². The van der Waals surface area contributed by atoms with Crippen LogP contribution in [0.4, 0.5) is 10.1 Å². The van der Waals surface area contributed by atoms with E-state index in [0.717, 1.165) is 4.31 Å². The summed E-state index contributed by atoms with van der Waals surface area (Å²) in [6, 6.07) is 10.6. The van der Waals surface area contributed by atoms with Gasteiger partial charge < -0.3 is 5.73 Å². The highest BCUT2D eigenvalue weighted by atomic mass is 79.9. The molecular formula is C14H14BrFN2O2S. The second kappa shape index (κ2) is 6.13. The average molecular weight is 373 g/mol. The van der Waals surface area contributed by atoms with Gasteiger partial charge in [0, 0.05) is 29.3 Å². The van der Waals surface area contributed by atoms with Crippen LogP contribution in [-0.4, -0.2) is 19.8 Å². The fourth-order valence-corrected chi connectivity index (χ4v) is 3.94. The van der Waals surface area contributed by atoms with Crippen LogP contribution in [-0.2, 0) is 16.6 Å². The monoisotopic (exact) mass is 372 g/mol. The molecule has 21 heavy (non-hydrogen) atoms. The number of anilines is 1. The molecule has 0 aliphatic carbocycles. The van der Waals surface area contributed by atoms with E-state index in [1.165, 1.54) is 19.2 Å². The van der Waals surface area contributed by atoms with Gasteiger partial charge in [-0.15, -0.1) is 0 Å². The van der Waals surface area contributed by atoms with E-state index in [0.29, 0.717) is 15.7 Å². The summed E-state index contributed by atoms with van der Waals surface area (Å²) in [6.45, 7) is -0.0593. The number of halogens is 2. The summed E-state index contributed by atoms with van der Waals surface area (Å²) in [5, 5.41) is 0. The Morgan fingerprint density at radius 1 is 1.24 bits per heavy atom. The van der Waals surface area contributed by atoms with Gasteiger partial charge in [0.15, 0.2) is 0 Å². The lowest BCUT2D eigenvalue weighted by Gasteiger charge is -2.18. The molecule has 4 nitrogen and oxygen atoms in total. The van der Waals surface area contributed by atoms with Crippen molar-refractivity contribution in [3.05, 3.63) is 58.3 Å². The van der Waals surface area contributed by atoms with E-state index in [2.05, 4.69) is 15.9 Å². The zero-order valence-electron chi connectivity index (χ0n) is 11.3. The molecule has 0 fully saturated rings. The van der Waals surface area contributed by atoms with Crippen LogP contribution in [0, 0.1) is 5.82 Å². The Balaban J connectivity index is 2.35. The number of benzene rings is 2. The van der Waals surface area contributed by atoms with E-state index in [1.54, 1.807) is 30.3 Å². The van der Waals surface area contributed by atoms with E-state index in [-0.39, 0.29) is 11.4 Å². The average Bonchev–Trinajstić information content (AvgIpc) is 2.43. The lowest BCUT2D eigenvalue weighted by Crippen LogP contribution is -2.27. The number of nitrogen functional groups attached to an aromatic ring is 1. The maximum Gasteiger partial charge on any atom is 0.244 e. The van der Waals surface area contributed by atoms with Crippen LogP contribution in [0.1, 0.15) is 5.56 Å². The van der Waals surface area contributed by atoms with Crippen LogP contribution in [0.5, 0.6) is 0 Å². The highest BCUT2D eigenvalue weighted by Crippen LogP contribution is 2.27. The number of nitrogens with zero attached hydrogens (tertiary/aromatic N) is 1. The first-order valence-electron chi connectivity index (χ1n) is 6.07. The molecule has 0 saturated carbocycles. The molecule has 0 bridgehead atoms. The second-order valence-electron chi connectivity index (χ2n) is 4.54. The van der Waals surface area contributed by atoms with Crippen molar-refractivity contribution in [3.63, 3.8) is 0 Å². The topological polar surface area (TPSA) is 63.4 Å². The van der Waals surface area contributed by atoms with Crippen LogP contribution < -0.4 is 5.73 Å². The van der Waals surface area contributed by atoms with Crippen LogP contribution in [0.25, 0.3) is 0 Å². The summed E-state index contributed by atoms with van der Waals surface area (Å²) < 4.78 is 40.2. The highest BCUT2D eigenvalue weighted by molar-refractivity contribution is 9.10. The number of nitrogens with two attached hydrogens (primary N) is 1. The first-order chi connectivity index (χ1) is 9.82. The third-order valence-electron chi connectivity index (χ3n) is 2.99. The van der Waals surface area contributed by atoms with Crippen LogP contribution in [0.3, 0.4) is 0 Å². The van der Waals surface area contributed by atoms with Gasteiger partial charge >= 0.3 is 0 Å². The zero-order chi connectivity index (χ0) is 15.6. The summed E-state index contributed by atoms with van der Waals surface area (Å²) in [4.78, 5) is 0.0568. The lowest BCUT2D eigenvalue weighted by molar-refractivity contribution is 0.456. The Labute approximate surface area is 131 Å². The smallest absolute Gasteiger partial charge is 0.244 e. The molecule has 0 radical (unpaired) electrons. The van der Waals surface area contributed by atoms with Gasteiger partial charge in [0.05, 0.1) is 4.90 Å². The summed E-state index contributed by atoms with van der Waals surface area (Å²) in [6.07, 6.45) is 0. The number of sulfonamides is 1. The maximum absolute atomic E-state index is 13.6.